The van der Waals surface area contributed by atoms with Crippen molar-refractivity contribution in [1.29, 1.82) is 0 Å². The Balaban J connectivity index is 1.54. The molecule has 4 aromatic rings. The van der Waals surface area contributed by atoms with Gasteiger partial charge in [-0.25, -0.2) is 9.37 Å². The first-order valence-electron chi connectivity index (χ1n) is 11.5. The number of carbonyl (C=O) groups is 1. The Morgan fingerprint density at radius 1 is 1.09 bits per heavy atom. The minimum absolute atomic E-state index is 0.0711. The fourth-order valence-corrected chi connectivity index (χ4v) is 5.24. The topological polar surface area (TPSA) is 73.2 Å². The number of ether oxygens (including phenoxy) is 1. The van der Waals surface area contributed by atoms with E-state index < -0.39 is 5.25 Å². The maximum atomic E-state index is 13.5. The van der Waals surface area contributed by atoms with Gasteiger partial charge in [-0.15, -0.1) is 0 Å². The monoisotopic (exact) mass is 489 g/mol. The third-order valence-electron chi connectivity index (χ3n) is 5.91. The van der Waals surface area contributed by atoms with Crippen LogP contribution in [0.15, 0.2) is 88.8 Å². The van der Waals surface area contributed by atoms with Gasteiger partial charge in [-0.3, -0.25) is 14.2 Å². The Morgan fingerprint density at radius 2 is 1.83 bits per heavy atom. The summed E-state index contributed by atoms with van der Waals surface area (Å²) >= 11 is 1.22. The molecule has 2 heterocycles. The lowest BCUT2D eigenvalue weighted by molar-refractivity contribution is -0.115. The van der Waals surface area contributed by atoms with E-state index in [9.17, 15) is 14.0 Å². The standard InChI is InChI=1S/C27H24FN3O3S/c28-19-12-14-20(15-13-19)29-25(32)24(18-7-2-1-3-8-18)35-27-30-23-11-5-4-10-22(23)26(33)31(27)17-21-9-6-16-34-21/h1-5,7-8,10-15,21,24H,6,9,16-17H2,(H,29,32). The molecule has 2 unspecified atom stereocenters. The predicted octanol–water partition coefficient (Wildman–Crippen LogP) is 5.19. The lowest BCUT2D eigenvalue weighted by Gasteiger charge is -2.21. The molecular weight excluding hydrogens is 465 g/mol. The maximum Gasteiger partial charge on any atom is 0.262 e. The van der Waals surface area contributed by atoms with Crippen LogP contribution in [0.25, 0.3) is 10.9 Å². The molecular formula is C27H24FN3O3S. The van der Waals surface area contributed by atoms with Gasteiger partial charge in [0.1, 0.15) is 11.1 Å². The third kappa shape index (κ3) is 5.28. The first kappa shape index (κ1) is 23.3. The minimum atomic E-state index is -0.690. The number of nitrogens with one attached hydrogen (secondary N) is 1. The molecule has 0 radical (unpaired) electrons. The van der Waals surface area contributed by atoms with Crippen LogP contribution in [0.2, 0.25) is 0 Å². The number of hydrogen-bond donors (Lipinski definition) is 1. The number of benzene rings is 3. The zero-order valence-corrected chi connectivity index (χ0v) is 19.7. The van der Waals surface area contributed by atoms with Crippen molar-refractivity contribution in [1.82, 2.24) is 9.55 Å². The van der Waals surface area contributed by atoms with Crippen molar-refractivity contribution in [2.45, 2.75) is 35.9 Å². The zero-order valence-electron chi connectivity index (χ0n) is 18.9. The predicted molar refractivity (Wildman–Crippen MR) is 135 cm³/mol. The molecule has 35 heavy (non-hydrogen) atoms. The minimum Gasteiger partial charge on any atom is -0.376 e. The first-order valence-corrected chi connectivity index (χ1v) is 12.4. The lowest BCUT2D eigenvalue weighted by Crippen LogP contribution is -2.29. The summed E-state index contributed by atoms with van der Waals surface area (Å²) < 4.78 is 20.8. The lowest BCUT2D eigenvalue weighted by atomic mass is 10.1. The molecule has 178 valence electrons. The van der Waals surface area contributed by atoms with Gasteiger partial charge in [0, 0.05) is 12.3 Å². The third-order valence-corrected chi connectivity index (χ3v) is 7.16. The molecule has 0 spiro atoms. The van der Waals surface area contributed by atoms with Crippen molar-refractivity contribution in [3.05, 3.63) is 101 Å². The van der Waals surface area contributed by atoms with Crippen molar-refractivity contribution in [2.75, 3.05) is 11.9 Å². The smallest absolute Gasteiger partial charge is 0.262 e. The number of amides is 1. The molecule has 5 rings (SSSR count). The number of hydrogen-bond acceptors (Lipinski definition) is 5. The molecule has 1 fully saturated rings. The molecule has 0 saturated carbocycles. The second kappa shape index (κ2) is 10.4. The summed E-state index contributed by atoms with van der Waals surface area (Å²) in [7, 11) is 0. The van der Waals surface area contributed by atoms with E-state index in [-0.39, 0.29) is 23.4 Å². The number of carbonyl (C=O) groups excluding carboxylic acids is 1. The van der Waals surface area contributed by atoms with Crippen molar-refractivity contribution >= 4 is 34.3 Å². The highest BCUT2D eigenvalue weighted by atomic mass is 32.2. The largest absolute Gasteiger partial charge is 0.376 e. The first-order chi connectivity index (χ1) is 17.1. The van der Waals surface area contributed by atoms with Crippen LogP contribution >= 0.6 is 11.8 Å². The molecule has 0 bridgehead atoms. The fraction of sp³-hybridized carbons (Fsp3) is 0.222. The second-order valence-electron chi connectivity index (χ2n) is 8.37. The quantitative estimate of drug-likeness (QED) is 0.286. The van der Waals surface area contributed by atoms with Crippen LogP contribution in [0.1, 0.15) is 23.7 Å². The average Bonchev–Trinajstić information content (AvgIpc) is 3.40. The number of thioether (sulfide) groups is 1. The van der Waals surface area contributed by atoms with Gasteiger partial charge in [-0.2, -0.15) is 0 Å². The molecule has 0 aliphatic carbocycles. The molecule has 1 saturated heterocycles. The van der Waals surface area contributed by atoms with E-state index in [4.69, 9.17) is 9.72 Å². The van der Waals surface area contributed by atoms with Crippen molar-refractivity contribution < 1.29 is 13.9 Å². The Hall–Kier alpha value is -3.49. The van der Waals surface area contributed by atoms with E-state index >= 15 is 0 Å². The SMILES string of the molecule is O=C(Nc1ccc(F)cc1)C(Sc1nc2ccccc2c(=O)n1CC1CCCO1)c1ccccc1. The molecule has 1 aromatic heterocycles. The van der Waals surface area contributed by atoms with Crippen LogP contribution in [-0.2, 0) is 16.1 Å². The summed E-state index contributed by atoms with van der Waals surface area (Å²) in [6, 6.07) is 22.2. The molecule has 2 atom stereocenters. The number of aromatic nitrogens is 2. The van der Waals surface area contributed by atoms with Crippen LogP contribution < -0.4 is 10.9 Å². The Morgan fingerprint density at radius 3 is 2.57 bits per heavy atom. The summed E-state index contributed by atoms with van der Waals surface area (Å²) in [4.78, 5) is 31.7. The van der Waals surface area contributed by atoms with E-state index in [0.29, 0.717) is 34.9 Å². The van der Waals surface area contributed by atoms with Crippen molar-refractivity contribution in [3.63, 3.8) is 0 Å². The molecule has 6 nitrogen and oxygen atoms in total. The summed E-state index contributed by atoms with van der Waals surface area (Å²) in [5.74, 6) is -0.672. The number of anilines is 1. The molecule has 1 aliphatic rings. The number of rotatable bonds is 7. The Kier molecular flexibility index (Phi) is 6.92. The molecule has 1 amide bonds. The van der Waals surface area contributed by atoms with Crippen LogP contribution in [0, 0.1) is 5.82 Å². The molecule has 8 heteroatoms. The van der Waals surface area contributed by atoms with E-state index in [0.717, 1.165) is 18.4 Å². The highest BCUT2D eigenvalue weighted by Gasteiger charge is 2.27. The van der Waals surface area contributed by atoms with E-state index in [2.05, 4.69) is 5.32 Å². The number of fused-ring (bicyclic) bond motifs is 1. The second-order valence-corrected chi connectivity index (χ2v) is 9.44. The van der Waals surface area contributed by atoms with E-state index in [1.54, 1.807) is 16.7 Å². The van der Waals surface area contributed by atoms with Gasteiger partial charge in [0.15, 0.2) is 5.16 Å². The molecule has 1 N–H and O–H groups in total. The van der Waals surface area contributed by atoms with Gasteiger partial charge in [-0.1, -0.05) is 54.2 Å². The fourth-order valence-electron chi connectivity index (χ4n) is 4.14. The van der Waals surface area contributed by atoms with Gasteiger partial charge in [0.05, 0.1) is 23.6 Å². The number of nitrogens with zero attached hydrogens (tertiary/aromatic N) is 2. The zero-order chi connectivity index (χ0) is 24.2. The van der Waals surface area contributed by atoms with Crippen molar-refractivity contribution in [2.24, 2.45) is 0 Å². The summed E-state index contributed by atoms with van der Waals surface area (Å²) in [6.45, 7) is 1.05. The average molecular weight is 490 g/mol. The van der Waals surface area contributed by atoms with Gasteiger partial charge >= 0.3 is 0 Å². The Bertz CT molecular complexity index is 1390. The van der Waals surface area contributed by atoms with Crippen LogP contribution in [0.4, 0.5) is 10.1 Å². The van der Waals surface area contributed by atoms with E-state index in [1.807, 2.05) is 42.5 Å². The molecule has 1 aliphatic heterocycles. The van der Waals surface area contributed by atoms with Crippen LogP contribution in [-0.4, -0.2) is 28.2 Å². The maximum absolute atomic E-state index is 13.5. The van der Waals surface area contributed by atoms with Gasteiger partial charge < -0.3 is 10.1 Å². The normalized spacial score (nSPS) is 16.3. The summed E-state index contributed by atoms with van der Waals surface area (Å²) in [5.41, 5.74) is 1.68. The van der Waals surface area contributed by atoms with Gasteiger partial charge in [0.25, 0.3) is 5.56 Å². The van der Waals surface area contributed by atoms with Gasteiger partial charge in [-0.05, 0) is 54.8 Å². The van der Waals surface area contributed by atoms with Crippen LogP contribution in [0.5, 0.6) is 0 Å². The van der Waals surface area contributed by atoms with Gasteiger partial charge in [0.2, 0.25) is 5.91 Å². The van der Waals surface area contributed by atoms with E-state index in [1.165, 1.54) is 36.0 Å². The van der Waals surface area contributed by atoms with Crippen LogP contribution in [0.3, 0.4) is 0 Å². The number of halogens is 1. The summed E-state index contributed by atoms with van der Waals surface area (Å²) in [6.07, 6.45) is 1.75. The van der Waals surface area contributed by atoms with Crippen molar-refractivity contribution in [3.8, 4) is 0 Å². The Labute approximate surface area is 206 Å². The molecule has 3 aromatic carbocycles. The highest BCUT2D eigenvalue weighted by Crippen LogP contribution is 2.36. The summed E-state index contributed by atoms with van der Waals surface area (Å²) in [5, 5.41) is 3.16. The number of para-hydroxylation sites is 1. The highest BCUT2D eigenvalue weighted by molar-refractivity contribution is 8.00.